The van der Waals surface area contributed by atoms with Crippen LogP contribution in [0.25, 0.3) is 11.1 Å². The number of amides is 2. The first kappa shape index (κ1) is 24.9. The highest BCUT2D eigenvalue weighted by Crippen LogP contribution is 2.30. The Kier molecular flexibility index (Phi) is 7.63. The number of carbonyl (C=O) groups excluding carboxylic acids is 3. The van der Waals surface area contributed by atoms with Crippen molar-refractivity contribution >= 4 is 40.8 Å². The molecule has 176 valence electrons. The van der Waals surface area contributed by atoms with E-state index in [9.17, 15) is 14.4 Å². The maximum atomic E-state index is 12.8. The molecular weight excluding hydrogens is 456 g/mol. The molecule has 9 heteroatoms. The molecule has 2 N–H and O–H groups in total. The van der Waals surface area contributed by atoms with Crippen molar-refractivity contribution in [2.75, 3.05) is 10.6 Å². The predicted octanol–water partition coefficient (Wildman–Crippen LogP) is 5.66. The van der Waals surface area contributed by atoms with Crippen molar-refractivity contribution in [3.8, 4) is 11.1 Å². The Morgan fingerprint density at radius 1 is 0.971 bits per heavy atom. The standard InChI is InChI=1S/C25H25ClN4O4/c1-15-8-20(30-24(33)34-25(2,3)4)21(10-19(15)26)29-23(32)11-22(31)17-7-5-6-16(9-17)18-12-27-14-28-13-18/h5-10,12-14H,11H2,1-4H3,(H,29,32)(H,30,33). The van der Waals surface area contributed by atoms with Crippen LogP contribution in [0.5, 0.6) is 0 Å². The summed E-state index contributed by atoms with van der Waals surface area (Å²) in [5.74, 6) is -0.915. The van der Waals surface area contributed by atoms with Gasteiger partial charge >= 0.3 is 6.09 Å². The van der Waals surface area contributed by atoms with Gasteiger partial charge in [0.2, 0.25) is 5.91 Å². The van der Waals surface area contributed by atoms with Crippen LogP contribution in [-0.2, 0) is 9.53 Å². The van der Waals surface area contributed by atoms with Gasteiger partial charge in [0.15, 0.2) is 5.78 Å². The number of nitrogens with one attached hydrogen (secondary N) is 2. The molecule has 3 rings (SSSR count). The van der Waals surface area contributed by atoms with E-state index in [0.717, 1.165) is 11.1 Å². The third kappa shape index (κ3) is 6.86. The summed E-state index contributed by atoms with van der Waals surface area (Å²) >= 11 is 6.22. The minimum atomic E-state index is -0.693. The van der Waals surface area contributed by atoms with E-state index < -0.39 is 24.0 Å². The molecule has 0 radical (unpaired) electrons. The summed E-state index contributed by atoms with van der Waals surface area (Å²) in [6.07, 6.45) is 3.63. The van der Waals surface area contributed by atoms with Gasteiger partial charge in [-0.25, -0.2) is 14.8 Å². The van der Waals surface area contributed by atoms with Crippen LogP contribution in [0.2, 0.25) is 5.02 Å². The van der Waals surface area contributed by atoms with Crippen molar-refractivity contribution < 1.29 is 19.1 Å². The summed E-state index contributed by atoms with van der Waals surface area (Å²) in [7, 11) is 0. The second kappa shape index (κ2) is 10.4. The highest BCUT2D eigenvalue weighted by atomic mass is 35.5. The van der Waals surface area contributed by atoms with Gasteiger partial charge in [0.05, 0.1) is 17.8 Å². The monoisotopic (exact) mass is 480 g/mol. The van der Waals surface area contributed by atoms with Crippen molar-refractivity contribution in [1.29, 1.82) is 0 Å². The molecule has 34 heavy (non-hydrogen) atoms. The van der Waals surface area contributed by atoms with Gasteiger partial charge in [0.25, 0.3) is 0 Å². The van der Waals surface area contributed by atoms with Crippen LogP contribution in [0, 0.1) is 6.92 Å². The Labute approximate surface area is 202 Å². The van der Waals surface area contributed by atoms with E-state index in [1.807, 2.05) is 6.07 Å². The number of rotatable bonds is 6. The number of aryl methyl sites for hydroxylation is 1. The summed E-state index contributed by atoms with van der Waals surface area (Å²) in [4.78, 5) is 45.6. The molecule has 3 aromatic rings. The lowest BCUT2D eigenvalue weighted by molar-refractivity contribution is -0.115. The maximum absolute atomic E-state index is 12.8. The van der Waals surface area contributed by atoms with Crippen LogP contribution in [0.3, 0.4) is 0 Å². The number of benzene rings is 2. The first-order chi connectivity index (χ1) is 16.0. The van der Waals surface area contributed by atoms with Crippen LogP contribution in [-0.4, -0.2) is 33.4 Å². The minimum Gasteiger partial charge on any atom is -0.444 e. The molecule has 2 amide bonds. The van der Waals surface area contributed by atoms with E-state index in [4.69, 9.17) is 16.3 Å². The lowest BCUT2D eigenvalue weighted by Crippen LogP contribution is -2.27. The Hall–Kier alpha value is -3.78. The summed E-state index contributed by atoms with van der Waals surface area (Å²) in [5.41, 5.74) is 2.48. The predicted molar refractivity (Wildman–Crippen MR) is 131 cm³/mol. The number of halogens is 1. The van der Waals surface area contributed by atoms with Crippen molar-refractivity contribution in [1.82, 2.24) is 9.97 Å². The minimum absolute atomic E-state index is 0.259. The van der Waals surface area contributed by atoms with E-state index in [0.29, 0.717) is 21.8 Å². The lowest BCUT2D eigenvalue weighted by atomic mass is 10.0. The number of hydrogen-bond donors (Lipinski definition) is 2. The molecule has 0 aliphatic rings. The second-order valence-electron chi connectivity index (χ2n) is 8.63. The SMILES string of the molecule is Cc1cc(NC(=O)OC(C)(C)C)c(NC(=O)CC(=O)c2cccc(-c3cncnc3)c2)cc1Cl. The lowest BCUT2D eigenvalue weighted by Gasteiger charge is -2.21. The van der Waals surface area contributed by atoms with Gasteiger partial charge in [0.1, 0.15) is 11.9 Å². The number of nitrogens with zero attached hydrogens (tertiary/aromatic N) is 2. The van der Waals surface area contributed by atoms with Gasteiger partial charge < -0.3 is 10.1 Å². The Bertz CT molecular complexity index is 1220. The molecule has 8 nitrogen and oxygen atoms in total. The van der Waals surface area contributed by atoms with Crippen LogP contribution >= 0.6 is 11.6 Å². The number of ether oxygens (including phenoxy) is 1. The number of ketones is 1. The fourth-order valence-corrected chi connectivity index (χ4v) is 3.23. The third-order valence-corrected chi connectivity index (χ3v) is 5.02. The summed E-state index contributed by atoms with van der Waals surface area (Å²) in [6.45, 7) is 7.00. The smallest absolute Gasteiger partial charge is 0.412 e. The van der Waals surface area contributed by atoms with Gasteiger partial charge in [-0.2, -0.15) is 0 Å². The average Bonchev–Trinajstić information content (AvgIpc) is 2.76. The van der Waals surface area contributed by atoms with Crippen molar-refractivity contribution in [2.24, 2.45) is 0 Å². The zero-order chi connectivity index (χ0) is 24.9. The molecule has 2 aromatic carbocycles. The van der Waals surface area contributed by atoms with Gasteiger partial charge in [0, 0.05) is 28.5 Å². The van der Waals surface area contributed by atoms with Crippen LogP contribution in [0.4, 0.5) is 16.2 Å². The molecule has 1 aromatic heterocycles. The van der Waals surface area contributed by atoms with Crippen molar-refractivity contribution in [3.05, 3.63) is 71.3 Å². The van der Waals surface area contributed by atoms with Gasteiger partial charge in [-0.1, -0.05) is 29.8 Å². The van der Waals surface area contributed by atoms with E-state index >= 15 is 0 Å². The fourth-order valence-electron chi connectivity index (χ4n) is 3.06. The molecule has 0 aliphatic carbocycles. The van der Waals surface area contributed by atoms with Crippen LogP contribution in [0.15, 0.2) is 55.1 Å². The number of carbonyl (C=O) groups is 3. The summed E-state index contributed by atoms with van der Waals surface area (Å²) < 4.78 is 5.28. The highest BCUT2D eigenvalue weighted by molar-refractivity contribution is 6.32. The van der Waals surface area contributed by atoms with Gasteiger partial charge in [-0.05, 0) is 57.0 Å². The van der Waals surface area contributed by atoms with E-state index in [1.54, 1.807) is 64.4 Å². The normalized spacial score (nSPS) is 11.0. The molecular formula is C25H25ClN4O4. The first-order valence-corrected chi connectivity index (χ1v) is 10.9. The second-order valence-corrected chi connectivity index (χ2v) is 9.04. The van der Waals surface area contributed by atoms with Crippen LogP contribution < -0.4 is 10.6 Å². The zero-order valence-corrected chi connectivity index (χ0v) is 20.1. The average molecular weight is 481 g/mol. The Balaban J connectivity index is 1.74. The molecule has 0 aliphatic heterocycles. The van der Waals surface area contributed by atoms with E-state index in [2.05, 4.69) is 20.6 Å². The molecule has 0 saturated carbocycles. The summed E-state index contributed by atoms with van der Waals surface area (Å²) in [6, 6.07) is 10.0. The van der Waals surface area contributed by atoms with Crippen LogP contribution in [0.1, 0.15) is 43.1 Å². The molecule has 0 unspecified atom stereocenters. The number of anilines is 2. The summed E-state index contributed by atoms with van der Waals surface area (Å²) in [5, 5.41) is 5.68. The van der Waals surface area contributed by atoms with E-state index in [1.165, 1.54) is 12.4 Å². The van der Waals surface area contributed by atoms with E-state index in [-0.39, 0.29) is 11.5 Å². The molecule has 0 saturated heterocycles. The largest absolute Gasteiger partial charge is 0.444 e. The fraction of sp³-hybridized carbons (Fsp3) is 0.240. The number of hydrogen-bond acceptors (Lipinski definition) is 6. The molecule has 0 spiro atoms. The topological polar surface area (TPSA) is 110 Å². The van der Waals surface area contributed by atoms with Gasteiger partial charge in [-0.3, -0.25) is 14.9 Å². The Morgan fingerprint density at radius 3 is 2.32 bits per heavy atom. The third-order valence-electron chi connectivity index (χ3n) is 4.61. The molecule has 0 fully saturated rings. The Morgan fingerprint density at radius 2 is 1.65 bits per heavy atom. The highest BCUT2D eigenvalue weighted by Gasteiger charge is 2.19. The number of aromatic nitrogens is 2. The first-order valence-electron chi connectivity index (χ1n) is 10.5. The molecule has 0 atom stereocenters. The zero-order valence-electron chi connectivity index (χ0n) is 19.3. The maximum Gasteiger partial charge on any atom is 0.412 e. The van der Waals surface area contributed by atoms with Gasteiger partial charge in [-0.15, -0.1) is 0 Å². The molecule has 1 heterocycles. The van der Waals surface area contributed by atoms with Crippen molar-refractivity contribution in [3.63, 3.8) is 0 Å². The quantitative estimate of drug-likeness (QED) is 0.347. The molecule has 0 bridgehead atoms. The van der Waals surface area contributed by atoms with Crippen molar-refractivity contribution in [2.45, 2.75) is 39.7 Å². The number of Topliss-reactive ketones (excluding diaryl/α,β-unsaturated/α-hetero) is 1.